The van der Waals surface area contributed by atoms with E-state index in [0.717, 1.165) is 19.0 Å². The highest BCUT2D eigenvalue weighted by Gasteiger charge is 2.38. The largest absolute Gasteiger partial charge is 0.444 e. The molecule has 3 rings (SSSR count). The summed E-state index contributed by atoms with van der Waals surface area (Å²) < 4.78 is 44.5. The van der Waals surface area contributed by atoms with Crippen molar-refractivity contribution in [3.63, 3.8) is 0 Å². The molecule has 1 fully saturated rings. The van der Waals surface area contributed by atoms with Gasteiger partial charge < -0.3 is 15.0 Å². The standard InChI is InChI=1S/C21H26ClF3N6O3/c1-19(2,3)34-18(33)27-11-20(4)5-7-31(8-6-20)13-10-26-14(17(22)29-13)15(32)12-9-28-30-16(12)21(23,24)25/h9-10H,5-8,11H2,1-4H3,(H,27,33)(H,28,30). The van der Waals surface area contributed by atoms with E-state index < -0.39 is 34.9 Å². The summed E-state index contributed by atoms with van der Waals surface area (Å²) >= 11 is 6.13. The van der Waals surface area contributed by atoms with Crippen LogP contribution in [0.3, 0.4) is 0 Å². The van der Waals surface area contributed by atoms with Gasteiger partial charge >= 0.3 is 12.3 Å². The maximum absolute atomic E-state index is 13.1. The van der Waals surface area contributed by atoms with Crippen LogP contribution in [-0.2, 0) is 10.9 Å². The normalized spacial score (nSPS) is 16.3. The minimum absolute atomic E-state index is 0.157. The molecule has 0 atom stereocenters. The molecule has 9 nitrogen and oxygen atoms in total. The molecule has 186 valence electrons. The number of hydrogen-bond donors (Lipinski definition) is 2. The first-order chi connectivity index (χ1) is 15.7. The molecule has 0 unspecified atom stereocenters. The number of aromatic amines is 1. The van der Waals surface area contributed by atoms with Crippen LogP contribution >= 0.6 is 11.6 Å². The summed E-state index contributed by atoms with van der Waals surface area (Å²) in [4.78, 5) is 34.6. The summed E-state index contributed by atoms with van der Waals surface area (Å²) in [5.74, 6) is -0.614. The smallest absolute Gasteiger partial charge is 0.433 e. The third-order valence-corrected chi connectivity index (χ3v) is 5.72. The second-order valence-corrected chi connectivity index (χ2v) is 9.86. The quantitative estimate of drug-likeness (QED) is 0.588. The van der Waals surface area contributed by atoms with E-state index in [0.29, 0.717) is 25.5 Å². The molecular weight excluding hydrogens is 477 g/mol. The third kappa shape index (κ3) is 6.16. The summed E-state index contributed by atoms with van der Waals surface area (Å²) in [5.41, 5.74) is -3.07. The number of anilines is 1. The van der Waals surface area contributed by atoms with Gasteiger partial charge in [-0.15, -0.1) is 0 Å². The van der Waals surface area contributed by atoms with Gasteiger partial charge in [0, 0.05) is 19.6 Å². The van der Waals surface area contributed by atoms with Gasteiger partial charge in [-0.25, -0.2) is 14.8 Å². The van der Waals surface area contributed by atoms with Gasteiger partial charge in [0.1, 0.15) is 17.1 Å². The number of carbonyl (C=O) groups is 2. The van der Waals surface area contributed by atoms with Crippen molar-refractivity contribution in [1.29, 1.82) is 0 Å². The van der Waals surface area contributed by atoms with E-state index in [4.69, 9.17) is 16.3 Å². The third-order valence-electron chi connectivity index (χ3n) is 5.45. The molecule has 3 heterocycles. The fraction of sp³-hybridized carbons (Fsp3) is 0.571. The zero-order valence-electron chi connectivity index (χ0n) is 19.2. The average molecular weight is 503 g/mol. The number of carbonyl (C=O) groups excluding carboxylic acids is 2. The van der Waals surface area contributed by atoms with Crippen molar-refractivity contribution in [1.82, 2.24) is 25.5 Å². The van der Waals surface area contributed by atoms with Crippen LogP contribution < -0.4 is 10.2 Å². The molecular formula is C21H26ClF3N6O3. The van der Waals surface area contributed by atoms with Gasteiger partial charge in [0.05, 0.1) is 18.0 Å². The Morgan fingerprint density at radius 3 is 2.44 bits per heavy atom. The van der Waals surface area contributed by atoms with Gasteiger partial charge in [0.2, 0.25) is 5.78 Å². The Morgan fingerprint density at radius 1 is 1.24 bits per heavy atom. The molecule has 1 aliphatic rings. The molecule has 0 aromatic carbocycles. The Bertz CT molecular complexity index is 1060. The monoisotopic (exact) mass is 502 g/mol. The lowest BCUT2D eigenvalue weighted by Crippen LogP contribution is -2.46. The van der Waals surface area contributed by atoms with E-state index >= 15 is 0 Å². The lowest BCUT2D eigenvalue weighted by molar-refractivity contribution is -0.141. The van der Waals surface area contributed by atoms with Crippen molar-refractivity contribution >= 4 is 29.3 Å². The first-order valence-electron chi connectivity index (χ1n) is 10.6. The van der Waals surface area contributed by atoms with E-state index in [1.807, 2.05) is 4.90 Å². The maximum atomic E-state index is 13.1. The van der Waals surface area contributed by atoms with Crippen LogP contribution in [-0.4, -0.2) is 57.3 Å². The molecule has 1 aliphatic heterocycles. The van der Waals surface area contributed by atoms with Crippen molar-refractivity contribution in [3.8, 4) is 0 Å². The number of alkyl halides is 3. The molecule has 1 amide bonds. The topological polar surface area (TPSA) is 113 Å². The number of ether oxygens (including phenoxy) is 1. The van der Waals surface area contributed by atoms with Gasteiger partial charge in [0.15, 0.2) is 10.8 Å². The van der Waals surface area contributed by atoms with Gasteiger partial charge in [0.25, 0.3) is 0 Å². The van der Waals surface area contributed by atoms with Crippen LogP contribution in [0.25, 0.3) is 0 Å². The number of H-pyrrole nitrogens is 1. The Labute approximate surface area is 199 Å². The number of nitrogens with one attached hydrogen (secondary N) is 2. The lowest BCUT2D eigenvalue weighted by Gasteiger charge is -2.40. The number of halogens is 4. The van der Waals surface area contributed by atoms with Crippen molar-refractivity contribution in [2.45, 2.75) is 52.3 Å². The van der Waals surface area contributed by atoms with Gasteiger partial charge in [-0.05, 0) is 39.0 Å². The number of rotatable bonds is 5. The number of ketones is 1. The van der Waals surface area contributed by atoms with E-state index in [1.165, 1.54) is 6.20 Å². The summed E-state index contributed by atoms with van der Waals surface area (Å²) in [7, 11) is 0. The predicted molar refractivity (Wildman–Crippen MR) is 118 cm³/mol. The fourth-order valence-corrected chi connectivity index (χ4v) is 3.74. The maximum Gasteiger partial charge on any atom is 0.433 e. The highest BCUT2D eigenvalue weighted by molar-refractivity contribution is 6.33. The number of alkyl carbamates (subject to hydrolysis) is 1. The molecule has 0 aliphatic carbocycles. The zero-order chi connectivity index (χ0) is 25.3. The van der Waals surface area contributed by atoms with Gasteiger partial charge in [-0.3, -0.25) is 9.89 Å². The second-order valence-electron chi connectivity index (χ2n) is 9.51. The molecule has 0 radical (unpaired) electrons. The number of aromatic nitrogens is 4. The Balaban J connectivity index is 1.64. The predicted octanol–water partition coefficient (Wildman–Crippen LogP) is 4.23. The van der Waals surface area contributed by atoms with Crippen molar-refractivity contribution < 1.29 is 27.5 Å². The fourth-order valence-electron chi connectivity index (χ4n) is 3.52. The van der Waals surface area contributed by atoms with Crippen LogP contribution in [0.5, 0.6) is 0 Å². The number of hydrogen-bond acceptors (Lipinski definition) is 7. The summed E-state index contributed by atoms with van der Waals surface area (Å²) in [6.07, 6.45) is -1.69. The lowest BCUT2D eigenvalue weighted by atomic mass is 9.80. The second kappa shape index (κ2) is 9.40. The SMILES string of the molecule is CC1(CNC(=O)OC(C)(C)C)CCN(c2cnc(C(=O)c3cn[nH]c3C(F)(F)F)c(Cl)n2)CC1. The highest BCUT2D eigenvalue weighted by atomic mass is 35.5. The first kappa shape index (κ1) is 25.7. The highest BCUT2D eigenvalue weighted by Crippen LogP contribution is 2.34. The summed E-state index contributed by atoms with van der Waals surface area (Å²) in [6.45, 7) is 9.06. The molecule has 0 saturated carbocycles. The van der Waals surface area contributed by atoms with E-state index in [2.05, 4.69) is 27.3 Å². The number of nitrogens with zero attached hydrogens (tertiary/aromatic N) is 4. The summed E-state index contributed by atoms with van der Waals surface area (Å²) in [6, 6.07) is 0. The minimum Gasteiger partial charge on any atom is -0.444 e. The Hall–Kier alpha value is -2.89. The van der Waals surface area contributed by atoms with E-state index in [-0.39, 0.29) is 16.3 Å². The van der Waals surface area contributed by atoms with E-state index in [1.54, 1.807) is 25.9 Å². The minimum atomic E-state index is -4.78. The molecule has 0 spiro atoms. The van der Waals surface area contributed by atoms with Crippen LogP contribution in [0.15, 0.2) is 12.4 Å². The zero-order valence-corrected chi connectivity index (χ0v) is 20.0. The van der Waals surface area contributed by atoms with Crippen LogP contribution in [0.1, 0.15) is 62.3 Å². The van der Waals surface area contributed by atoms with Crippen LogP contribution in [0.2, 0.25) is 5.15 Å². The van der Waals surface area contributed by atoms with E-state index in [9.17, 15) is 22.8 Å². The number of amides is 1. The molecule has 2 aromatic rings. The average Bonchev–Trinajstić information content (AvgIpc) is 3.22. The summed E-state index contributed by atoms with van der Waals surface area (Å²) in [5, 5.41) is 7.61. The molecule has 13 heteroatoms. The van der Waals surface area contributed by atoms with Crippen molar-refractivity contribution in [3.05, 3.63) is 34.5 Å². The number of piperidine rings is 1. The van der Waals surface area contributed by atoms with Gasteiger partial charge in [-0.1, -0.05) is 18.5 Å². The molecule has 0 bridgehead atoms. The van der Waals surface area contributed by atoms with Crippen molar-refractivity contribution in [2.24, 2.45) is 5.41 Å². The Kier molecular flexibility index (Phi) is 7.11. The van der Waals surface area contributed by atoms with Gasteiger partial charge in [-0.2, -0.15) is 18.3 Å². The van der Waals surface area contributed by atoms with Crippen LogP contribution in [0.4, 0.5) is 23.8 Å². The molecule has 1 saturated heterocycles. The molecule has 34 heavy (non-hydrogen) atoms. The Morgan fingerprint density at radius 2 is 1.88 bits per heavy atom. The molecule has 2 aromatic heterocycles. The molecule has 2 N–H and O–H groups in total. The van der Waals surface area contributed by atoms with Crippen LogP contribution in [0, 0.1) is 5.41 Å². The van der Waals surface area contributed by atoms with Crippen molar-refractivity contribution in [2.75, 3.05) is 24.5 Å². The first-order valence-corrected chi connectivity index (χ1v) is 11.0.